The predicted molar refractivity (Wildman–Crippen MR) is 72.7 cm³/mol. The molecule has 0 saturated heterocycles. The van der Waals surface area contributed by atoms with Crippen molar-refractivity contribution in [1.29, 1.82) is 0 Å². The number of hydrogen-bond acceptors (Lipinski definition) is 4. The van der Waals surface area contributed by atoms with Crippen molar-refractivity contribution in [3.8, 4) is 5.75 Å². The number of hydrogen-bond donors (Lipinski definition) is 0. The van der Waals surface area contributed by atoms with E-state index in [1.165, 1.54) is 18.6 Å². The van der Waals surface area contributed by atoms with E-state index in [4.69, 9.17) is 16.3 Å². The molecule has 2 aromatic heterocycles. The van der Waals surface area contributed by atoms with E-state index in [0.717, 1.165) is 0 Å². The summed E-state index contributed by atoms with van der Waals surface area (Å²) in [5.41, 5.74) is 0.839. The zero-order valence-corrected chi connectivity index (χ0v) is 11.4. The Balaban J connectivity index is 2.32. The van der Waals surface area contributed by atoms with Crippen LogP contribution in [0.15, 0.2) is 36.9 Å². The van der Waals surface area contributed by atoms with Crippen LogP contribution in [0.1, 0.15) is 29.8 Å². The van der Waals surface area contributed by atoms with Gasteiger partial charge in [-0.1, -0.05) is 11.6 Å². The molecule has 0 unspecified atom stereocenters. The van der Waals surface area contributed by atoms with Gasteiger partial charge in [0.05, 0.1) is 17.3 Å². The van der Waals surface area contributed by atoms with Gasteiger partial charge in [0.15, 0.2) is 5.78 Å². The molecular weight excluding hydrogens is 264 g/mol. The number of pyridine rings is 2. The molecule has 0 radical (unpaired) electrons. The number of rotatable bonds is 4. The van der Waals surface area contributed by atoms with Crippen molar-refractivity contribution in [1.82, 2.24) is 9.97 Å². The van der Waals surface area contributed by atoms with Crippen LogP contribution < -0.4 is 4.74 Å². The Kier molecular flexibility index (Phi) is 4.12. The number of carbonyl (C=O) groups excluding carboxylic acids is 1. The number of nitrogens with zero attached hydrogens (tertiary/aromatic N) is 2. The summed E-state index contributed by atoms with van der Waals surface area (Å²) < 4.78 is 5.51. The smallest absolute Gasteiger partial charge is 0.196 e. The first-order valence-electron chi connectivity index (χ1n) is 5.84. The molecule has 0 saturated carbocycles. The quantitative estimate of drug-likeness (QED) is 0.805. The summed E-state index contributed by atoms with van der Waals surface area (Å²) in [4.78, 5) is 20.2. The summed E-state index contributed by atoms with van der Waals surface area (Å²) in [5.74, 6) is 0.361. The van der Waals surface area contributed by atoms with Crippen LogP contribution in [0.4, 0.5) is 0 Å². The molecule has 0 bridgehead atoms. The van der Waals surface area contributed by atoms with Gasteiger partial charge in [-0.2, -0.15) is 0 Å². The van der Waals surface area contributed by atoms with E-state index in [9.17, 15) is 4.79 Å². The van der Waals surface area contributed by atoms with Crippen LogP contribution in [0.25, 0.3) is 0 Å². The van der Waals surface area contributed by atoms with E-state index in [-0.39, 0.29) is 11.9 Å². The third-order valence-electron chi connectivity index (χ3n) is 2.36. The number of ketones is 1. The third-order valence-corrected chi connectivity index (χ3v) is 2.67. The highest BCUT2D eigenvalue weighted by Crippen LogP contribution is 2.20. The summed E-state index contributed by atoms with van der Waals surface area (Å²) in [5, 5.41) is 0.322. The highest BCUT2D eigenvalue weighted by Gasteiger charge is 2.14. The van der Waals surface area contributed by atoms with Gasteiger partial charge in [-0.15, -0.1) is 0 Å². The molecule has 2 rings (SSSR count). The lowest BCUT2D eigenvalue weighted by molar-refractivity contribution is 0.103. The monoisotopic (exact) mass is 276 g/mol. The van der Waals surface area contributed by atoms with Gasteiger partial charge in [-0.25, -0.2) is 0 Å². The number of carbonyl (C=O) groups is 1. The minimum Gasteiger partial charge on any atom is -0.489 e. The van der Waals surface area contributed by atoms with Crippen molar-refractivity contribution >= 4 is 17.4 Å². The van der Waals surface area contributed by atoms with E-state index in [1.54, 1.807) is 18.3 Å². The van der Waals surface area contributed by atoms with Gasteiger partial charge in [0.25, 0.3) is 0 Å². The van der Waals surface area contributed by atoms with Crippen molar-refractivity contribution in [3.05, 3.63) is 53.1 Å². The predicted octanol–water partition coefficient (Wildman–Crippen LogP) is 3.15. The van der Waals surface area contributed by atoms with Gasteiger partial charge in [-0.3, -0.25) is 14.8 Å². The average Bonchev–Trinajstić information content (AvgIpc) is 2.38. The lowest BCUT2D eigenvalue weighted by Crippen LogP contribution is -2.08. The largest absolute Gasteiger partial charge is 0.489 e. The van der Waals surface area contributed by atoms with Crippen LogP contribution in [0.5, 0.6) is 5.75 Å². The molecule has 2 aromatic rings. The molecule has 19 heavy (non-hydrogen) atoms. The summed E-state index contributed by atoms with van der Waals surface area (Å²) in [6.45, 7) is 3.82. The second-order valence-corrected chi connectivity index (χ2v) is 4.67. The number of ether oxygens (including phenoxy) is 1. The fourth-order valence-electron chi connectivity index (χ4n) is 1.59. The fourth-order valence-corrected chi connectivity index (χ4v) is 1.80. The standard InChI is InChI=1S/C14H13ClN2O2/c1-9(2)19-11-5-10(6-17-7-11)14(18)12-3-4-16-8-13(12)15/h3-9H,1-2H3. The van der Waals surface area contributed by atoms with Gasteiger partial charge >= 0.3 is 0 Å². The molecule has 0 atom stereocenters. The van der Waals surface area contributed by atoms with Crippen molar-refractivity contribution in [2.24, 2.45) is 0 Å². The zero-order valence-electron chi connectivity index (χ0n) is 10.6. The highest BCUT2D eigenvalue weighted by molar-refractivity contribution is 6.34. The first-order chi connectivity index (χ1) is 9.08. The molecule has 0 aliphatic carbocycles. The lowest BCUT2D eigenvalue weighted by Gasteiger charge is -2.10. The molecule has 0 spiro atoms. The average molecular weight is 277 g/mol. The molecule has 5 heteroatoms. The SMILES string of the molecule is CC(C)Oc1cncc(C(=O)c2ccncc2Cl)c1. The fraction of sp³-hybridized carbons (Fsp3) is 0.214. The first-order valence-corrected chi connectivity index (χ1v) is 6.21. The van der Waals surface area contributed by atoms with Crippen molar-refractivity contribution in [2.75, 3.05) is 0 Å². The van der Waals surface area contributed by atoms with Crippen LogP contribution in [0.2, 0.25) is 5.02 Å². The Morgan fingerprint density at radius 1 is 1.26 bits per heavy atom. The summed E-state index contributed by atoms with van der Waals surface area (Å²) in [6.07, 6.45) is 6.06. The van der Waals surface area contributed by atoms with E-state index in [0.29, 0.717) is 21.9 Å². The first kappa shape index (κ1) is 13.5. The van der Waals surface area contributed by atoms with Gasteiger partial charge < -0.3 is 4.74 Å². The maximum atomic E-state index is 12.3. The van der Waals surface area contributed by atoms with Crippen LogP contribution in [0.3, 0.4) is 0 Å². The molecule has 0 N–H and O–H groups in total. The maximum Gasteiger partial charge on any atom is 0.196 e. The van der Waals surface area contributed by atoms with Gasteiger partial charge in [-0.05, 0) is 26.0 Å². The lowest BCUT2D eigenvalue weighted by atomic mass is 10.1. The molecule has 0 amide bonds. The summed E-state index contributed by atoms with van der Waals surface area (Å²) in [7, 11) is 0. The molecule has 2 heterocycles. The minimum absolute atomic E-state index is 0.0247. The second kappa shape index (κ2) is 5.80. The van der Waals surface area contributed by atoms with Crippen molar-refractivity contribution in [2.45, 2.75) is 20.0 Å². The topological polar surface area (TPSA) is 52.1 Å². The van der Waals surface area contributed by atoms with Crippen LogP contribution in [-0.4, -0.2) is 21.9 Å². The second-order valence-electron chi connectivity index (χ2n) is 4.26. The van der Waals surface area contributed by atoms with Crippen LogP contribution in [-0.2, 0) is 0 Å². The Bertz CT molecular complexity index is 600. The summed E-state index contributed by atoms with van der Waals surface area (Å²) in [6, 6.07) is 3.24. The molecule has 0 aliphatic rings. The Hall–Kier alpha value is -1.94. The van der Waals surface area contributed by atoms with Crippen molar-refractivity contribution in [3.63, 3.8) is 0 Å². The Labute approximate surface area is 116 Å². The van der Waals surface area contributed by atoms with Gasteiger partial charge in [0.1, 0.15) is 5.75 Å². The molecule has 4 nitrogen and oxygen atoms in total. The maximum absolute atomic E-state index is 12.3. The van der Waals surface area contributed by atoms with E-state index in [2.05, 4.69) is 9.97 Å². The van der Waals surface area contributed by atoms with E-state index in [1.807, 2.05) is 13.8 Å². The Morgan fingerprint density at radius 2 is 2.05 bits per heavy atom. The number of aromatic nitrogens is 2. The minimum atomic E-state index is -0.200. The number of halogens is 1. The van der Waals surface area contributed by atoms with E-state index >= 15 is 0 Å². The van der Waals surface area contributed by atoms with Crippen LogP contribution >= 0.6 is 11.6 Å². The Morgan fingerprint density at radius 3 is 2.74 bits per heavy atom. The third kappa shape index (κ3) is 3.29. The zero-order chi connectivity index (χ0) is 13.8. The molecule has 0 aliphatic heterocycles. The van der Waals surface area contributed by atoms with Crippen LogP contribution in [0, 0.1) is 0 Å². The van der Waals surface area contributed by atoms with E-state index < -0.39 is 0 Å². The summed E-state index contributed by atoms with van der Waals surface area (Å²) >= 11 is 5.96. The molecule has 0 aromatic carbocycles. The molecular formula is C14H13ClN2O2. The van der Waals surface area contributed by atoms with Gasteiger partial charge in [0, 0.05) is 29.7 Å². The normalized spacial score (nSPS) is 10.5. The highest BCUT2D eigenvalue weighted by atomic mass is 35.5. The molecule has 98 valence electrons. The van der Waals surface area contributed by atoms with Crippen molar-refractivity contribution < 1.29 is 9.53 Å². The van der Waals surface area contributed by atoms with Gasteiger partial charge in [0.2, 0.25) is 0 Å². The molecule has 0 fully saturated rings.